The molecule has 1 aliphatic rings. The van der Waals surface area contributed by atoms with Crippen molar-refractivity contribution in [3.8, 4) is 0 Å². The minimum atomic E-state index is -3.82. The highest BCUT2D eigenvalue weighted by Crippen LogP contribution is 2.42. The molecule has 132 valence electrons. The normalized spacial score (nSPS) is 25.2. The zero-order valence-electron chi connectivity index (χ0n) is 12.3. The molecule has 0 aromatic carbocycles. The van der Waals surface area contributed by atoms with Gasteiger partial charge in [0.05, 0.1) is 0 Å². The van der Waals surface area contributed by atoms with E-state index in [0.717, 1.165) is 12.3 Å². The highest BCUT2D eigenvalue weighted by molar-refractivity contribution is 5.59. The molecule has 0 amide bonds. The summed E-state index contributed by atoms with van der Waals surface area (Å²) in [5, 5.41) is 9.70. The molecule has 1 fully saturated rings. The summed E-state index contributed by atoms with van der Waals surface area (Å²) in [5.74, 6) is -3.97. The number of nitrogens with zero attached hydrogens (tertiary/aromatic N) is 2. The monoisotopic (exact) mass is 347 g/mol. The van der Waals surface area contributed by atoms with E-state index in [4.69, 9.17) is 10.5 Å². The van der Waals surface area contributed by atoms with Gasteiger partial charge in [-0.3, -0.25) is 4.57 Å². The zero-order valence-corrected chi connectivity index (χ0v) is 12.3. The standard InChI is InChI=1S/C13H15F2N3O6/c1-2-5-22-12(21)23-6-7-9(19)13(14,15)10(24-7)18-4-3-8(16)17-11(18)20/h2-4,7,9-10,19H,1,5-6H2,(H2,16,17,20)/t7-,9-,10+/m1/s1. The number of anilines is 1. The molecule has 1 aromatic heterocycles. The van der Waals surface area contributed by atoms with Gasteiger partial charge in [0.15, 0.2) is 6.10 Å². The van der Waals surface area contributed by atoms with Crippen LogP contribution in [-0.2, 0) is 14.2 Å². The number of aromatic nitrogens is 2. The molecule has 3 atom stereocenters. The molecule has 0 saturated carbocycles. The Kier molecular flexibility index (Phi) is 5.14. The lowest BCUT2D eigenvalue weighted by Crippen LogP contribution is -2.42. The van der Waals surface area contributed by atoms with Crippen LogP contribution in [0.5, 0.6) is 0 Å². The molecule has 2 heterocycles. The Morgan fingerprint density at radius 1 is 1.58 bits per heavy atom. The Hall–Kier alpha value is -2.53. The number of aliphatic hydroxyl groups is 1. The first kappa shape index (κ1) is 17.8. The number of halogens is 2. The summed E-state index contributed by atoms with van der Waals surface area (Å²) in [6.45, 7) is 2.49. The van der Waals surface area contributed by atoms with Gasteiger partial charge in [-0.15, -0.1) is 0 Å². The molecule has 2 rings (SSSR count). The van der Waals surface area contributed by atoms with Gasteiger partial charge in [0.2, 0.25) is 6.23 Å². The Balaban J connectivity index is 2.11. The summed E-state index contributed by atoms with van der Waals surface area (Å²) >= 11 is 0. The van der Waals surface area contributed by atoms with Crippen LogP contribution in [0.1, 0.15) is 6.23 Å². The van der Waals surface area contributed by atoms with Gasteiger partial charge in [-0.25, -0.2) is 9.59 Å². The predicted molar refractivity (Wildman–Crippen MR) is 75.3 cm³/mol. The maximum Gasteiger partial charge on any atom is 0.508 e. The molecule has 1 aliphatic heterocycles. The van der Waals surface area contributed by atoms with Crippen LogP contribution >= 0.6 is 0 Å². The quantitative estimate of drug-likeness (QED) is 0.566. The van der Waals surface area contributed by atoms with E-state index in [1.54, 1.807) is 0 Å². The summed E-state index contributed by atoms with van der Waals surface area (Å²) in [5.41, 5.74) is 4.22. The highest BCUT2D eigenvalue weighted by Gasteiger charge is 2.60. The van der Waals surface area contributed by atoms with Gasteiger partial charge in [0.1, 0.15) is 25.1 Å². The Morgan fingerprint density at radius 3 is 2.92 bits per heavy atom. The summed E-state index contributed by atoms with van der Waals surface area (Å²) < 4.78 is 42.9. The van der Waals surface area contributed by atoms with Gasteiger partial charge >= 0.3 is 17.8 Å². The Bertz CT molecular complexity index is 680. The van der Waals surface area contributed by atoms with Crippen molar-refractivity contribution in [2.24, 2.45) is 0 Å². The van der Waals surface area contributed by atoms with E-state index in [9.17, 15) is 23.5 Å². The van der Waals surface area contributed by atoms with Crippen molar-refractivity contribution in [3.63, 3.8) is 0 Å². The molecular formula is C13H15F2N3O6. The molecule has 11 heteroatoms. The third-order valence-corrected chi connectivity index (χ3v) is 3.17. The number of hydrogen-bond donors (Lipinski definition) is 2. The lowest BCUT2D eigenvalue weighted by molar-refractivity contribution is -0.141. The minimum Gasteiger partial charge on any atom is -0.431 e. The van der Waals surface area contributed by atoms with Crippen molar-refractivity contribution >= 4 is 12.0 Å². The van der Waals surface area contributed by atoms with E-state index >= 15 is 0 Å². The van der Waals surface area contributed by atoms with Crippen LogP contribution in [-0.4, -0.2) is 52.2 Å². The summed E-state index contributed by atoms with van der Waals surface area (Å²) in [6, 6.07) is 1.13. The van der Waals surface area contributed by atoms with Crippen LogP contribution in [0.25, 0.3) is 0 Å². The number of hydrogen-bond acceptors (Lipinski definition) is 8. The third-order valence-electron chi connectivity index (χ3n) is 3.17. The first-order valence-corrected chi connectivity index (χ1v) is 6.73. The predicted octanol–water partition coefficient (Wildman–Crippen LogP) is 0.0583. The van der Waals surface area contributed by atoms with Crippen LogP contribution in [0.2, 0.25) is 0 Å². The van der Waals surface area contributed by atoms with Crippen molar-refractivity contribution in [1.82, 2.24) is 9.55 Å². The van der Waals surface area contributed by atoms with Crippen LogP contribution in [0.4, 0.5) is 19.4 Å². The Morgan fingerprint density at radius 2 is 2.29 bits per heavy atom. The topological polar surface area (TPSA) is 126 Å². The molecule has 1 saturated heterocycles. The van der Waals surface area contributed by atoms with Gasteiger partial charge in [-0.2, -0.15) is 13.8 Å². The van der Waals surface area contributed by atoms with Gasteiger partial charge < -0.3 is 25.1 Å². The number of aliphatic hydroxyl groups excluding tert-OH is 1. The number of carbonyl (C=O) groups excluding carboxylic acids is 1. The van der Waals surface area contributed by atoms with E-state index in [1.807, 2.05) is 0 Å². The zero-order chi connectivity index (χ0) is 17.9. The fourth-order valence-corrected chi connectivity index (χ4v) is 2.03. The van der Waals surface area contributed by atoms with Crippen molar-refractivity contribution in [1.29, 1.82) is 0 Å². The van der Waals surface area contributed by atoms with Crippen molar-refractivity contribution < 1.29 is 32.9 Å². The highest BCUT2D eigenvalue weighted by atomic mass is 19.3. The second kappa shape index (κ2) is 6.93. The maximum atomic E-state index is 14.2. The summed E-state index contributed by atoms with van der Waals surface area (Å²) in [7, 11) is 0. The molecule has 3 N–H and O–H groups in total. The molecule has 0 bridgehead atoms. The number of rotatable bonds is 5. The molecular weight excluding hydrogens is 332 g/mol. The van der Waals surface area contributed by atoms with Crippen LogP contribution in [0, 0.1) is 0 Å². The van der Waals surface area contributed by atoms with Gasteiger partial charge in [-0.05, 0) is 6.07 Å². The van der Waals surface area contributed by atoms with E-state index in [0.29, 0.717) is 4.57 Å². The second-order valence-corrected chi connectivity index (χ2v) is 4.85. The molecule has 0 unspecified atom stereocenters. The van der Waals surface area contributed by atoms with E-state index in [1.165, 1.54) is 6.08 Å². The van der Waals surface area contributed by atoms with E-state index < -0.39 is 42.8 Å². The number of ether oxygens (including phenoxy) is 3. The average Bonchev–Trinajstić information content (AvgIpc) is 2.74. The molecule has 9 nitrogen and oxygen atoms in total. The van der Waals surface area contributed by atoms with Crippen molar-refractivity contribution in [3.05, 3.63) is 35.4 Å². The smallest absolute Gasteiger partial charge is 0.431 e. The fourth-order valence-electron chi connectivity index (χ4n) is 2.03. The van der Waals surface area contributed by atoms with Gasteiger partial charge in [0.25, 0.3) is 0 Å². The summed E-state index contributed by atoms with van der Waals surface area (Å²) in [6.07, 6.45) is -4.87. The van der Waals surface area contributed by atoms with Crippen LogP contribution in [0.15, 0.2) is 29.7 Å². The van der Waals surface area contributed by atoms with E-state index in [2.05, 4.69) is 21.0 Å². The first-order valence-electron chi connectivity index (χ1n) is 6.73. The minimum absolute atomic E-state index is 0.127. The fraction of sp³-hybridized carbons (Fsp3) is 0.462. The molecule has 0 aliphatic carbocycles. The molecule has 0 radical (unpaired) electrons. The number of nitrogen functional groups attached to an aromatic ring is 1. The largest absolute Gasteiger partial charge is 0.508 e. The maximum absolute atomic E-state index is 14.2. The molecule has 24 heavy (non-hydrogen) atoms. The summed E-state index contributed by atoms with van der Waals surface area (Å²) in [4.78, 5) is 26.2. The lowest BCUT2D eigenvalue weighted by atomic mass is 10.1. The van der Waals surface area contributed by atoms with Gasteiger partial charge in [-0.1, -0.05) is 12.7 Å². The SMILES string of the molecule is C=CCOC(=O)OC[C@H]1O[C@H](n2ccc(N)nc2=O)C(F)(F)[C@@H]1O. The van der Waals surface area contributed by atoms with Gasteiger partial charge in [0, 0.05) is 6.20 Å². The van der Waals surface area contributed by atoms with E-state index in [-0.39, 0.29) is 12.4 Å². The Labute approximate surface area is 134 Å². The molecule has 0 spiro atoms. The number of alkyl halides is 2. The third kappa shape index (κ3) is 3.51. The average molecular weight is 347 g/mol. The molecule has 1 aromatic rings. The van der Waals surface area contributed by atoms with Crippen molar-refractivity contribution in [2.75, 3.05) is 18.9 Å². The lowest BCUT2D eigenvalue weighted by Gasteiger charge is -2.20. The van der Waals surface area contributed by atoms with Crippen molar-refractivity contribution in [2.45, 2.75) is 24.4 Å². The van der Waals surface area contributed by atoms with Crippen LogP contribution in [0.3, 0.4) is 0 Å². The van der Waals surface area contributed by atoms with Crippen LogP contribution < -0.4 is 11.4 Å². The number of carbonyl (C=O) groups is 1. The first-order chi connectivity index (χ1) is 11.3. The second-order valence-electron chi connectivity index (χ2n) is 4.85. The number of nitrogens with two attached hydrogens (primary N) is 1.